The Kier molecular flexibility index (Phi) is 5.60. The Hall–Kier alpha value is -2.67. The van der Waals surface area contributed by atoms with Gasteiger partial charge >= 0.3 is 0 Å². The van der Waals surface area contributed by atoms with E-state index in [0.29, 0.717) is 0 Å². The number of nitrogens with one attached hydrogen (secondary N) is 2. The molecule has 6 nitrogen and oxygen atoms in total. The molecule has 3 aromatic rings. The quantitative estimate of drug-likeness (QED) is 0.716. The van der Waals surface area contributed by atoms with Crippen LogP contribution in [0.1, 0.15) is 31.0 Å². The predicted octanol–water partition coefficient (Wildman–Crippen LogP) is 3.95. The van der Waals surface area contributed by atoms with Crippen LogP contribution in [0.25, 0.3) is 17.1 Å². The Morgan fingerprint density at radius 3 is 2.78 bits per heavy atom. The molecular weight excluding hydrogens is 358 g/mol. The van der Waals surface area contributed by atoms with Gasteiger partial charge in [0.25, 0.3) is 0 Å². The van der Waals surface area contributed by atoms with Gasteiger partial charge in [0.05, 0.1) is 17.9 Å². The number of hydrogen-bond donors (Lipinski definition) is 2. The van der Waals surface area contributed by atoms with Gasteiger partial charge in [0.15, 0.2) is 5.82 Å². The Labute approximate surface area is 162 Å². The van der Waals surface area contributed by atoms with E-state index in [1.165, 1.54) is 0 Å². The van der Waals surface area contributed by atoms with Crippen LogP contribution in [0.15, 0.2) is 41.6 Å². The summed E-state index contributed by atoms with van der Waals surface area (Å²) in [5.41, 5.74) is 3.99. The summed E-state index contributed by atoms with van der Waals surface area (Å²) in [6.07, 6.45) is 7.68. The zero-order valence-electron chi connectivity index (χ0n) is 16.3. The lowest BCUT2D eigenvalue weighted by Crippen LogP contribution is -2.15. The monoisotopic (exact) mass is 383 g/mol. The minimum absolute atomic E-state index is 0.0149. The topological polar surface area (TPSA) is 71.8 Å². The molecule has 0 fully saturated rings. The number of benzene rings is 1. The van der Waals surface area contributed by atoms with Crippen molar-refractivity contribution in [3.05, 3.63) is 47.8 Å². The third-order valence-corrected chi connectivity index (χ3v) is 5.35. The molecule has 142 valence electrons. The number of hydrogen-bond acceptors (Lipinski definition) is 5. The van der Waals surface area contributed by atoms with Crippen molar-refractivity contribution >= 4 is 39.5 Å². The van der Waals surface area contributed by atoms with Crippen LogP contribution >= 0.6 is 0 Å². The fraction of sp³-hybridized carbons (Fsp3) is 0.300. The molecule has 0 amide bonds. The third kappa shape index (κ3) is 3.47. The number of nitrogens with zero attached hydrogens (tertiary/aromatic N) is 3. The minimum atomic E-state index is -0.999. The number of aromatic nitrogens is 3. The number of aryl methyl sites for hydroxylation is 1. The molecule has 0 spiro atoms. The Balaban J connectivity index is 0.00000102. The highest BCUT2D eigenvalue weighted by Crippen LogP contribution is 2.36. The fourth-order valence-electron chi connectivity index (χ4n) is 3.17. The van der Waals surface area contributed by atoms with Gasteiger partial charge in [-0.3, -0.25) is 4.21 Å². The molecule has 0 saturated heterocycles. The second kappa shape index (κ2) is 7.92. The number of pyridine rings is 1. The lowest BCUT2D eigenvalue weighted by molar-refractivity contribution is 0.686. The lowest BCUT2D eigenvalue weighted by Gasteiger charge is -2.23. The van der Waals surface area contributed by atoms with Gasteiger partial charge in [-0.1, -0.05) is 38.1 Å². The minimum Gasteiger partial charge on any atom is -0.371 e. The molecule has 0 bridgehead atoms. The van der Waals surface area contributed by atoms with Crippen molar-refractivity contribution in [1.29, 1.82) is 0 Å². The Morgan fingerprint density at radius 2 is 2.07 bits per heavy atom. The van der Waals surface area contributed by atoms with E-state index < -0.39 is 10.8 Å². The van der Waals surface area contributed by atoms with Crippen molar-refractivity contribution in [2.75, 3.05) is 23.9 Å². The van der Waals surface area contributed by atoms with Gasteiger partial charge in [-0.15, -0.1) is 0 Å². The van der Waals surface area contributed by atoms with Gasteiger partial charge in [0.1, 0.15) is 11.3 Å². The van der Waals surface area contributed by atoms with Crippen LogP contribution in [0.5, 0.6) is 0 Å². The summed E-state index contributed by atoms with van der Waals surface area (Å²) in [5, 5.41) is 6.61. The van der Waals surface area contributed by atoms with Crippen LogP contribution < -0.4 is 10.6 Å². The van der Waals surface area contributed by atoms with Crippen LogP contribution in [-0.2, 0) is 17.8 Å². The standard InChI is InChI=1S/C18H19N5OS.C2H6/c1-19-18-15-16(23(2)10-20-15)13-7-8-14(21-17(13)22-18)11-5-4-6-12(9-11)25(3)24;1-2/h4-10,14H,1-3H3,(H2,19,21,22);1-2H3. The second-order valence-electron chi connectivity index (χ2n) is 6.03. The molecule has 1 aliphatic rings. The van der Waals surface area contributed by atoms with Crippen LogP contribution in [0, 0.1) is 0 Å². The maximum Gasteiger partial charge on any atom is 0.156 e. The van der Waals surface area contributed by atoms with Gasteiger partial charge in [-0.05, 0) is 17.7 Å². The van der Waals surface area contributed by atoms with E-state index in [4.69, 9.17) is 4.98 Å². The summed E-state index contributed by atoms with van der Waals surface area (Å²) in [5.74, 6) is 1.57. The molecule has 1 aliphatic heterocycles. The molecule has 1 aromatic carbocycles. The number of anilines is 2. The SMILES string of the molecule is CC.CNc1nc2c(c3c1ncn3C)C=CC(c1cccc(S(C)=O)c1)N2. The highest BCUT2D eigenvalue weighted by Gasteiger charge is 2.22. The molecule has 0 radical (unpaired) electrons. The maximum absolute atomic E-state index is 11.8. The smallest absolute Gasteiger partial charge is 0.156 e. The van der Waals surface area contributed by atoms with Gasteiger partial charge in [0, 0.05) is 41.6 Å². The van der Waals surface area contributed by atoms with E-state index >= 15 is 0 Å². The first-order chi connectivity index (χ1) is 13.1. The summed E-state index contributed by atoms with van der Waals surface area (Å²) in [6, 6.07) is 7.82. The molecule has 7 heteroatoms. The summed E-state index contributed by atoms with van der Waals surface area (Å²) in [4.78, 5) is 9.97. The van der Waals surface area contributed by atoms with Gasteiger partial charge in [-0.25, -0.2) is 9.97 Å². The van der Waals surface area contributed by atoms with Gasteiger partial charge in [0.2, 0.25) is 0 Å². The first kappa shape index (κ1) is 19.1. The summed E-state index contributed by atoms with van der Waals surface area (Å²) < 4.78 is 13.8. The predicted molar refractivity (Wildman–Crippen MR) is 114 cm³/mol. The van der Waals surface area contributed by atoms with Crippen LogP contribution in [0.3, 0.4) is 0 Å². The molecule has 4 rings (SSSR count). The molecule has 27 heavy (non-hydrogen) atoms. The highest BCUT2D eigenvalue weighted by molar-refractivity contribution is 7.84. The molecule has 2 N–H and O–H groups in total. The first-order valence-electron chi connectivity index (χ1n) is 8.99. The Morgan fingerprint density at radius 1 is 1.30 bits per heavy atom. The van der Waals surface area contributed by atoms with Crippen LogP contribution in [-0.4, -0.2) is 32.0 Å². The van der Waals surface area contributed by atoms with Crippen LogP contribution in [0.2, 0.25) is 0 Å². The first-order valence-corrected chi connectivity index (χ1v) is 10.5. The van der Waals surface area contributed by atoms with E-state index in [1.54, 1.807) is 12.6 Å². The zero-order valence-corrected chi connectivity index (χ0v) is 17.1. The van der Waals surface area contributed by atoms with Crippen molar-refractivity contribution in [2.24, 2.45) is 7.05 Å². The third-order valence-electron chi connectivity index (χ3n) is 4.43. The Bertz CT molecular complexity index is 1020. The molecule has 2 unspecified atom stereocenters. The normalized spacial score (nSPS) is 16.1. The number of imidazole rings is 1. The van der Waals surface area contributed by atoms with E-state index in [9.17, 15) is 4.21 Å². The van der Waals surface area contributed by atoms with E-state index in [2.05, 4.69) is 27.8 Å². The fourth-order valence-corrected chi connectivity index (χ4v) is 3.74. The lowest BCUT2D eigenvalue weighted by atomic mass is 10.0. The summed E-state index contributed by atoms with van der Waals surface area (Å²) in [7, 11) is 2.83. The molecular formula is C20H25N5OS. The van der Waals surface area contributed by atoms with Crippen molar-refractivity contribution in [2.45, 2.75) is 24.8 Å². The van der Waals surface area contributed by atoms with Gasteiger partial charge in [-0.2, -0.15) is 0 Å². The summed E-state index contributed by atoms with van der Waals surface area (Å²) in [6.45, 7) is 4.00. The highest BCUT2D eigenvalue weighted by atomic mass is 32.2. The molecule has 2 atom stereocenters. The van der Waals surface area contributed by atoms with Gasteiger partial charge < -0.3 is 15.2 Å². The summed E-state index contributed by atoms with van der Waals surface area (Å²) >= 11 is 0. The second-order valence-corrected chi connectivity index (χ2v) is 7.41. The zero-order chi connectivity index (χ0) is 19.6. The maximum atomic E-state index is 11.8. The number of fused-ring (bicyclic) bond motifs is 3. The number of rotatable bonds is 3. The largest absolute Gasteiger partial charge is 0.371 e. The molecule has 0 saturated carbocycles. The van der Waals surface area contributed by atoms with E-state index in [-0.39, 0.29) is 6.04 Å². The van der Waals surface area contributed by atoms with Crippen molar-refractivity contribution in [3.63, 3.8) is 0 Å². The van der Waals surface area contributed by atoms with E-state index in [0.717, 1.165) is 38.7 Å². The van der Waals surface area contributed by atoms with Crippen molar-refractivity contribution in [1.82, 2.24) is 14.5 Å². The molecule has 0 aliphatic carbocycles. The average molecular weight is 384 g/mol. The van der Waals surface area contributed by atoms with Crippen molar-refractivity contribution < 1.29 is 4.21 Å². The van der Waals surface area contributed by atoms with Crippen LogP contribution in [0.4, 0.5) is 11.6 Å². The van der Waals surface area contributed by atoms with E-state index in [1.807, 2.05) is 56.8 Å². The molecule has 2 aromatic heterocycles. The average Bonchev–Trinajstić information content (AvgIpc) is 3.10. The molecule has 3 heterocycles. The van der Waals surface area contributed by atoms with Crippen molar-refractivity contribution in [3.8, 4) is 0 Å².